The highest BCUT2D eigenvalue weighted by Gasteiger charge is 2.07. The van der Waals surface area contributed by atoms with Crippen molar-refractivity contribution in [1.82, 2.24) is 10.6 Å². The van der Waals surface area contributed by atoms with E-state index in [2.05, 4.69) is 16.0 Å². The van der Waals surface area contributed by atoms with Gasteiger partial charge in [0, 0.05) is 42.6 Å². The van der Waals surface area contributed by atoms with E-state index in [1.807, 2.05) is 12.1 Å². The number of amides is 2. The molecule has 0 atom stereocenters. The van der Waals surface area contributed by atoms with E-state index >= 15 is 0 Å². The van der Waals surface area contributed by atoms with E-state index in [1.54, 1.807) is 49.6 Å². The number of hydrogen-bond acceptors (Lipinski definition) is 4. The maximum absolute atomic E-state index is 12.2. The van der Waals surface area contributed by atoms with Gasteiger partial charge >= 0.3 is 0 Å². The van der Waals surface area contributed by atoms with Crippen LogP contribution in [0.25, 0.3) is 6.08 Å². The summed E-state index contributed by atoms with van der Waals surface area (Å²) in [5.74, 6) is -0.586. The predicted molar refractivity (Wildman–Crippen MR) is 120 cm³/mol. The Bertz CT molecular complexity index is 902. The summed E-state index contributed by atoms with van der Waals surface area (Å²) < 4.78 is 4.95. The molecule has 0 aliphatic carbocycles. The minimum Gasteiger partial charge on any atom is -0.385 e. The fourth-order valence-electron chi connectivity index (χ4n) is 2.35. The normalized spacial score (nSPS) is 10.6. The lowest BCUT2D eigenvalue weighted by Crippen LogP contribution is -2.33. The molecule has 0 unspecified atom stereocenters. The first-order valence-corrected chi connectivity index (χ1v) is 9.70. The number of rotatable bonds is 8. The van der Waals surface area contributed by atoms with E-state index in [1.165, 1.54) is 6.08 Å². The minimum absolute atomic E-state index is 0.122. The summed E-state index contributed by atoms with van der Waals surface area (Å²) in [5.41, 5.74) is 1.81. The number of anilines is 1. The van der Waals surface area contributed by atoms with Gasteiger partial charge in [0.1, 0.15) is 0 Å². The second-order valence-corrected chi connectivity index (χ2v) is 6.80. The number of benzene rings is 2. The minimum atomic E-state index is -0.394. The highest BCUT2D eigenvalue weighted by Crippen LogP contribution is 2.16. The average Bonchev–Trinajstić information content (AvgIpc) is 2.70. The highest BCUT2D eigenvalue weighted by molar-refractivity contribution is 7.80. The van der Waals surface area contributed by atoms with Crippen molar-refractivity contribution in [3.05, 3.63) is 70.8 Å². The molecule has 0 fully saturated rings. The molecule has 0 aliphatic heterocycles. The van der Waals surface area contributed by atoms with Gasteiger partial charge in [0.15, 0.2) is 5.11 Å². The van der Waals surface area contributed by atoms with Crippen LogP contribution in [0, 0.1) is 0 Å². The molecule has 2 aromatic carbocycles. The summed E-state index contributed by atoms with van der Waals surface area (Å²) in [6.07, 6.45) is 3.69. The number of methoxy groups -OCH3 is 1. The first kappa shape index (κ1) is 22.5. The van der Waals surface area contributed by atoms with Crippen LogP contribution in [0.1, 0.15) is 22.3 Å². The lowest BCUT2D eigenvalue weighted by atomic mass is 10.2. The molecule has 0 aliphatic rings. The summed E-state index contributed by atoms with van der Waals surface area (Å²) >= 11 is 11.2. The Labute approximate surface area is 180 Å². The summed E-state index contributed by atoms with van der Waals surface area (Å²) in [7, 11) is 1.62. The Balaban J connectivity index is 1.87. The second kappa shape index (κ2) is 12.0. The van der Waals surface area contributed by atoms with Crippen LogP contribution in [0.2, 0.25) is 5.02 Å². The van der Waals surface area contributed by atoms with Gasteiger partial charge in [0.2, 0.25) is 5.91 Å². The van der Waals surface area contributed by atoms with Gasteiger partial charge in [-0.25, -0.2) is 0 Å². The van der Waals surface area contributed by atoms with Crippen LogP contribution < -0.4 is 16.0 Å². The molecule has 2 aromatic rings. The first-order chi connectivity index (χ1) is 14.0. The van der Waals surface area contributed by atoms with E-state index < -0.39 is 5.91 Å². The van der Waals surface area contributed by atoms with Crippen molar-refractivity contribution >= 4 is 52.5 Å². The lowest BCUT2D eigenvalue weighted by Gasteiger charge is -2.10. The number of carbonyl (C=O) groups is 2. The van der Waals surface area contributed by atoms with Crippen molar-refractivity contribution in [2.24, 2.45) is 0 Å². The molecule has 29 heavy (non-hydrogen) atoms. The van der Waals surface area contributed by atoms with Crippen molar-refractivity contribution < 1.29 is 14.3 Å². The maximum Gasteiger partial charge on any atom is 0.251 e. The van der Waals surface area contributed by atoms with Crippen LogP contribution in [0.3, 0.4) is 0 Å². The van der Waals surface area contributed by atoms with Crippen LogP contribution in [0.4, 0.5) is 5.69 Å². The molecule has 3 N–H and O–H groups in total. The van der Waals surface area contributed by atoms with Crippen molar-refractivity contribution in [3.8, 4) is 0 Å². The summed E-state index contributed by atoms with van der Waals surface area (Å²) in [6.45, 7) is 1.11. The zero-order valence-corrected chi connectivity index (χ0v) is 17.5. The Morgan fingerprint density at radius 1 is 1.17 bits per heavy atom. The third-order valence-electron chi connectivity index (χ3n) is 3.75. The number of thiocarbonyl (C=S) groups is 1. The molecule has 2 amide bonds. The Morgan fingerprint density at radius 3 is 2.72 bits per heavy atom. The van der Waals surface area contributed by atoms with Crippen LogP contribution in [-0.2, 0) is 9.53 Å². The fourth-order valence-corrected chi connectivity index (χ4v) is 2.77. The smallest absolute Gasteiger partial charge is 0.251 e. The molecular formula is C21H22ClN3O3S. The zero-order chi connectivity index (χ0) is 21.1. The molecule has 0 radical (unpaired) electrons. The molecule has 0 heterocycles. The molecule has 0 bridgehead atoms. The van der Waals surface area contributed by atoms with Crippen LogP contribution in [-0.4, -0.2) is 37.2 Å². The fraction of sp³-hybridized carbons (Fsp3) is 0.190. The van der Waals surface area contributed by atoms with Gasteiger partial charge in [0.25, 0.3) is 5.91 Å². The topological polar surface area (TPSA) is 79.5 Å². The SMILES string of the molecule is COCCCNC(=O)c1cccc(NC(=S)NC(=O)/C=C/c2ccccc2Cl)c1. The van der Waals surface area contributed by atoms with Crippen LogP contribution >= 0.6 is 23.8 Å². The number of ether oxygens (including phenoxy) is 1. The number of nitrogens with one attached hydrogen (secondary N) is 3. The Hall–Kier alpha value is -2.74. The van der Waals surface area contributed by atoms with Crippen molar-refractivity contribution in [2.75, 3.05) is 25.6 Å². The van der Waals surface area contributed by atoms with Gasteiger partial charge in [-0.15, -0.1) is 0 Å². The molecule has 0 saturated heterocycles. The molecule has 8 heteroatoms. The lowest BCUT2D eigenvalue weighted by molar-refractivity contribution is -0.115. The molecule has 6 nitrogen and oxygen atoms in total. The maximum atomic E-state index is 12.2. The van der Waals surface area contributed by atoms with Gasteiger partial charge < -0.3 is 15.4 Å². The third-order valence-corrected chi connectivity index (χ3v) is 4.30. The Kier molecular flexibility index (Phi) is 9.30. The Morgan fingerprint density at radius 2 is 1.97 bits per heavy atom. The highest BCUT2D eigenvalue weighted by atomic mass is 35.5. The van der Waals surface area contributed by atoms with E-state index in [9.17, 15) is 9.59 Å². The van der Waals surface area contributed by atoms with Gasteiger partial charge in [-0.3, -0.25) is 14.9 Å². The first-order valence-electron chi connectivity index (χ1n) is 8.91. The second-order valence-electron chi connectivity index (χ2n) is 5.98. The van der Waals surface area contributed by atoms with Crippen LogP contribution in [0.15, 0.2) is 54.6 Å². The van der Waals surface area contributed by atoms with Crippen LogP contribution in [0.5, 0.6) is 0 Å². The van der Waals surface area contributed by atoms with Gasteiger partial charge in [0.05, 0.1) is 0 Å². The summed E-state index contributed by atoms with van der Waals surface area (Å²) in [6, 6.07) is 14.0. The van der Waals surface area contributed by atoms with Gasteiger partial charge in [-0.1, -0.05) is 35.9 Å². The van der Waals surface area contributed by atoms with E-state index in [0.29, 0.717) is 29.4 Å². The third kappa shape index (κ3) is 8.03. The molecular weight excluding hydrogens is 410 g/mol. The molecule has 0 spiro atoms. The average molecular weight is 432 g/mol. The number of carbonyl (C=O) groups excluding carboxylic acids is 2. The number of halogens is 1. The summed E-state index contributed by atoms with van der Waals surface area (Å²) in [5, 5.41) is 8.93. The predicted octanol–water partition coefficient (Wildman–Crippen LogP) is 3.63. The van der Waals surface area contributed by atoms with Gasteiger partial charge in [-0.05, 0) is 54.5 Å². The summed E-state index contributed by atoms with van der Waals surface area (Å²) in [4.78, 5) is 24.2. The largest absolute Gasteiger partial charge is 0.385 e. The van der Waals surface area contributed by atoms with E-state index in [-0.39, 0.29) is 11.0 Å². The van der Waals surface area contributed by atoms with Crippen molar-refractivity contribution in [3.63, 3.8) is 0 Å². The van der Waals surface area contributed by atoms with Crippen molar-refractivity contribution in [2.45, 2.75) is 6.42 Å². The number of hydrogen-bond donors (Lipinski definition) is 3. The van der Waals surface area contributed by atoms with E-state index in [0.717, 1.165) is 12.0 Å². The molecule has 2 rings (SSSR count). The monoisotopic (exact) mass is 431 g/mol. The van der Waals surface area contributed by atoms with E-state index in [4.69, 9.17) is 28.6 Å². The molecule has 152 valence electrons. The van der Waals surface area contributed by atoms with Gasteiger partial charge in [-0.2, -0.15) is 0 Å². The quantitative estimate of drug-likeness (QED) is 0.338. The zero-order valence-electron chi connectivity index (χ0n) is 15.9. The molecule has 0 saturated carbocycles. The molecule has 0 aromatic heterocycles. The van der Waals surface area contributed by atoms with Crippen molar-refractivity contribution in [1.29, 1.82) is 0 Å². The standard InChI is InChI=1S/C21H22ClN3O3S/c1-28-13-5-12-23-20(27)16-7-4-8-17(14-16)24-21(29)25-19(26)11-10-15-6-2-3-9-18(15)22/h2-4,6-11,14H,5,12-13H2,1H3,(H,23,27)(H2,24,25,26,29)/b11-10+.